The molecule has 0 saturated carbocycles. The molecule has 0 radical (unpaired) electrons. The molecule has 0 aromatic heterocycles. The van der Waals surface area contributed by atoms with Crippen LogP contribution in [0.2, 0.25) is 0 Å². The standard InChI is InChI=1S/C18H20N2O4/c1-3-12-24-16-7-5-4-6-15(16)18(22)20-19-17(21)13-8-10-14(23-2)11-9-13/h4-11H,3,12H2,1-2H3,(H,19,21)(H,20,22). The molecule has 0 atom stereocenters. The first-order chi connectivity index (χ1) is 11.7. The van der Waals surface area contributed by atoms with Gasteiger partial charge in [0.25, 0.3) is 11.8 Å². The van der Waals surface area contributed by atoms with E-state index in [2.05, 4.69) is 10.9 Å². The maximum Gasteiger partial charge on any atom is 0.273 e. The van der Waals surface area contributed by atoms with Gasteiger partial charge in [-0.25, -0.2) is 0 Å². The van der Waals surface area contributed by atoms with E-state index in [0.29, 0.717) is 29.2 Å². The number of hydrazine groups is 1. The number of hydrogen-bond acceptors (Lipinski definition) is 4. The highest BCUT2D eigenvalue weighted by Crippen LogP contribution is 2.17. The van der Waals surface area contributed by atoms with Gasteiger partial charge in [-0.1, -0.05) is 19.1 Å². The highest BCUT2D eigenvalue weighted by Gasteiger charge is 2.13. The molecule has 0 spiro atoms. The number of benzene rings is 2. The lowest BCUT2D eigenvalue weighted by molar-refractivity contribution is 0.0844. The molecule has 6 nitrogen and oxygen atoms in total. The van der Waals surface area contributed by atoms with Crippen LogP contribution >= 0.6 is 0 Å². The second kappa shape index (κ2) is 8.57. The third kappa shape index (κ3) is 4.49. The van der Waals surface area contributed by atoms with Crippen molar-refractivity contribution in [2.24, 2.45) is 0 Å². The third-order valence-electron chi connectivity index (χ3n) is 3.24. The van der Waals surface area contributed by atoms with Crippen LogP contribution < -0.4 is 20.3 Å². The zero-order chi connectivity index (χ0) is 17.4. The van der Waals surface area contributed by atoms with Crippen molar-refractivity contribution in [2.75, 3.05) is 13.7 Å². The number of nitrogens with one attached hydrogen (secondary N) is 2. The van der Waals surface area contributed by atoms with Gasteiger partial charge < -0.3 is 9.47 Å². The molecular weight excluding hydrogens is 308 g/mol. The maximum absolute atomic E-state index is 12.2. The number of methoxy groups -OCH3 is 1. The van der Waals surface area contributed by atoms with E-state index < -0.39 is 11.8 Å². The van der Waals surface area contributed by atoms with E-state index in [1.807, 2.05) is 6.92 Å². The Morgan fingerprint density at radius 2 is 1.62 bits per heavy atom. The zero-order valence-electron chi connectivity index (χ0n) is 13.7. The van der Waals surface area contributed by atoms with Crippen LogP contribution in [0.4, 0.5) is 0 Å². The summed E-state index contributed by atoms with van der Waals surface area (Å²) >= 11 is 0. The number of carbonyl (C=O) groups is 2. The number of carbonyl (C=O) groups excluding carboxylic acids is 2. The van der Waals surface area contributed by atoms with Crippen LogP contribution in [0.15, 0.2) is 48.5 Å². The first-order valence-corrected chi connectivity index (χ1v) is 7.62. The molecule has 0 fully saturated rings. The molecule has 0 aliphatic carbocycles. The van der Waals surface area contributed by atoms with Gasteiger partial charge in [-0.2, -0.15) is 0 Å². The lowest BCUT2D eigenvalue weighted by Crippen LogP contribution is -2.41. The summed E-state index contributed by atoms with van der Waals surface area (Å²) < 4.78 is 10.6. The lowest BCUT2D eigenvalue weighted by Gasteiger charge is -2.12. The predicted molar refractivity (Wildman–Crippen MR) is 90.2 cm³/mol. The molecule has 24 heavy (non-hydrogen) atoms. The Kier molecular flexibility index (Phi) is 6.19. The molecule has 6 heteroatoms. The van der Waals surface area contributed by atoms with Crippen molar-refractivity contribution in [3.05, 3.63) is 59.7 Å². The summed E-state index contributed by atoms with van der Waals surface area (Å²) in [6.45, 7) is 2.50. The lowest BCUT2D eigenvalue weighted by atomic mass is 10.2. The highest BCUT2D eigenvalue weighted by molar-refractivity contribution is 6.00. The Balaban J connectivity index is 1.98. The molecular formula is C18H20N2O4. The molecule has 0 aliphatic rings. The van der Waals surface area contributed by atoms with Gasteiger partial charge in [0.15, 0.2) is 0 Å². The zero-order valence-corrected chi connectivity index (χ0v) is 13.7. The van der Waals surface area contributed by atoms with E-state index in [1.165, 1.54) is 0 Å². The summed E-state index contributed by atoms with van der Waals surface area (Å²) in [5.41, 5.74) is 5.55. The molecule has 2 rings (SSSR count). The van der Waals surface area contributed by atoms with E-state index in [-0.39, 0.29) is 0 Å². The Morgan fingerprint density at radius 1 is 0.958 bits per heavy atom. The number of ether oxygens (including phenoxy) is 2. The van der Waals surface area contributed by atoms with Gasteiger partial charge in [-0.05, 0) is 42.8 Å². The predicted octanol–water partition coefficient (Wildman–Crippen LogP) is 2.56. The van der Waals surface area contributed by atoms with Gasteiger partial charge in [0.05, 0.1) is 19.3 Å². The third-order valence-corrected chi connectivity index (χ3v) is 3.24. The van der Waals surface area contributed by atoms with Gasteiger partial charge in [0, 0.05) is 5.56 Å². The smallest absolute Gasteiger partial charge is 0.273 e. The van der Waals surface area contributed by atoms with Gasteiger partial charge >= 0.3 is 0 Å². The quantitative estimate of drug-likeness (QED) is 0.799. The first-order valence-electron chi connectivity index (χ1n) is 7.62. The van der Waals surface area contributed by atoms with E-state index in [1.54, 1.807) is 55.6 Å². The molecule has 2 aromatic rings. The van der Waals surface area contributed by atoms with Crippen LogP contribution in [0.5, 0.6) is 11.5 Å². The van der Waals surface area contributed by atoms with Crippen LogP contribution in [0, 0.1) is 0 Å². The van der Waals surface area contributed by atoms with Crippen molar-refractivity contribution < 1.29 is 19.1 Å². The Bertz CT molecular complexity index is 698. The van der Waals surface area contributed by atoms with Crippen LogP contribution in [0.25, 0.3) is 0 Å². The molecule has 0 heterocycles. The van der Waals surface area contributed by atoms with E-state index in [0.717, 1.165) is 6.42 Å². The van der Waals surface area contributed by atoms with Gasteiger partial charge in [-0.3, -0.25) is 20.4 Å². The SMILES string of the molecule is CCCOc1ccccc1C(=O)NNC(=O)c1ccc(OC)cc1. The number of rotatable bonds is 6. The number of para-hydroxylation sites is 1. The first kappa shape index (κ1) is 17.3. The van der Waals surface area contributed by atoms with Crippen molar-refractivity contribution in [1.82, 2.24) is 10.9 Å². The van der Waals surface area contributed by atoms with Gasteiger partial charge in [0.1, 0.15) is 11.5 Å². The molecule has 2 N–H and O–H groups in total. The second-order valence-electron chi connectivity index (χ2n) is 4.98. The fourth-order valence-electron chi connectivity index (χ4n) is 1.99. The topological polar surface area (TPSA) is 76.7 Å². The summed E-state index contributed by atoms with van der Waals surface area (Å²) in [6.07, 6.45) is 0.837. The Labute approximate surface area is 140 Å². The van der Waals surface area contributed by atoms with Gasteiger partial charge in [-0.15, -0.1) is 0 Å². The average Bonchev–Trinajstić information content (AvgIpc) is 2.64. The fourth-order valence-corrected chi connectivity index (χ4v) is 1.99. The van der Waals surface area contributed by atoms with Crippen molar-refractivity contribution in [3.63, 3.8) is 0 Å². The maximum atomic E-state index is 12.2. The van der Waals surface area contributed by atoms with Gasteiger partial charge in [0.2, 0.25) is 0 Å². The Morgan fingerprint density at radius 3 is 2.29 bits per heavy atom. The minimum Gasteiger partial charge on any atom is -0.497 e. The van der Waals surface area contributed by atoms with Crippen molar-refractivity contribution in [2.45, 2.75) is 13.3 Å². The van der Waals surface area contributed by atoms with Crippen molar-refractivity contribution >= 4 is 11.8 Å². The Hall–Kier alpha value is -3.02. The van der Waals surface area contributed by atoms with Crippen LogP contribution in [-0.4, -0.2) is 25.5 Å². The minimum absolute atomic E-state index is 0.362. The molecule has 0 unspecified atom stereocenters. The normalized spacial score (nSPS) is 9.92. The number of amides is 2. The van der Waals surface area contributed by atoms with E-state index >= 15 is 0 Å². The summed E-state index contributed by atoms with van der Waals surface area (Å²) in [4.78, 5) is 24.3. The molecule has 2 aromatic carbocycles. The van der Waals surface area contributed by atoms with Crippen molar-refractivity contribution in [1.29, 1.82) is 0 Å². The van der Waals surface area contributed by atoms with E-state index in [9.17, 15) is 9.59 Å². The minimum atomic E-state index is -0.441. The second-order valence-corrected chi connectivity index (χ2v) is 4.98. The average molecular weight is 328 g/mol. The highest BCUT2D eigenvalue weighted by atomic mass is 16.5. The molecule has 0 aliphatic heterocycles. The van der Waals surface area contributed by atoms with Crippen LogP contribution in [-0.2, 0) is 0 Å². The molecule has 0 saturated heterocycles. The summed E-state index contributed by atoms with van der Waals surface area (Å²) in [5, 5.41) is 0. The summed E-state index contributed by atoms with van der Waals surface area (Å²) in [7, 11) is 1.55. The fraction of sp³-hybridized carbons (Fsp3) is 0.222. The molecule has 126 valence electrons. The monoisotopic (exact) mass is 328 g/mol. The molecule has 2 amide bonds. The molecule has 0 bridgehead atoms. The summed E-state index contributed by atoms with van der Waals surface area (Å²) in [5.74, 6) is 0.273. The van der Waals surface area contributed by atoms with Crippen LogP contribution in [0.1, 0.15) is 34.1 Å². The van der Waals surface area contributed by atoms with Crippen molar-refractivity contribution in [3.8, 4) is 11.5 Å². The largest absolute Gasteiger partial charge is 0.497 e. The van der Waals surface area contributed by atoms with Crippen LogP contribution in [0.3, 0.4) is 0 Å². The van der Waals surface area contributed by atoms with E-state index in [4.69, 9.17) is 9.47 Å². The summed E-state index contributed by atoms with van der Waals surface area (Å²) in [6, 6.07) is 13.4. The number of hydrogen-bond donors (Lipinski definition) is 2.